The molecule has 3 heteroatoms. The lowest BCUT2D eigenvalue weighted by molar-refractivity contribution is -0.137. The molecular formula is C35H62O3. The number of hydrogen-bond acceptors (Lipinski definition) is 2. The third-order valence-corrected chi connectivity index (χ3v) is 8.19. The predicted octanol–water partition coefficient (Wildman–Crippen LogP) is 11.3. The van der Waals surface area contributed by atoms with E-state index in [-0.39, 0.29) is 12.3 Å². The Balaban J connectivity index is 2.37. The van der Waals surface area contributed by atoms with Crippen LogP contribution in [-0.2, 0) is 17.6 Å². The fourth-order valence-corrected chi connectivity index (χ4v) is 5.67. The number of aliphatic carboxylic acids is 1. The number of carboxylic acids is 1. The zero-order valence-corrected chi connectivity index (χ0v) is 25.5. The number of phenols is 1. The summed E-state index contributed by atoms with van der Waals surface area (Å²) in [5, 5.41) is 20.4. The molecule has 0 aliphatic rings. The Bertz CT molecular complexity index is 682. The van der Waals surface area contributed by atoms with Crippen LogP contribution < -0.4 is 0 Å². The number of benzene rings is 1. The van der Waals surface area contributed by atoms with Crippen molar-refractivity contribution < 1.29 is 15.0 Å². The van der Waals surface area contributed by atoms with Crippen molar-refractivity contribution in [3.05, 3.63) is 28.8 Å². The van der Waals surface area contributed by atoms with E-state index in [0.29, 0.717) is 5.75 Å². The molecule has 0 aliphatic heterocycles. The van der Waals surface area contributed by atoms with E-state index in [1.165, 1.54) is 96.3 Å². The van der Waals surface area contributed by atoms with Crippen LogP contribution in [-0.4, -0.2) is 16.2 Å². The highest BCUT2D eigenvalue weighted by Gasteiger charge is 2.19. The molecule has 0 amide bonds. The molecule has 1 atom stereocenters. The Labute approximate surface area is 236 Å². The molecule has 220 valence electrons. The van der Waals surface area contributed by atoms with Crippen LogP contribution in [0.1, 0.15) is 185 Å². The lowest BCUT2D eigenvalue weighted by atomic mass is 9.86. The second-order valence-electron chi connectivity index (χ2n) is 11.8. The maximum absolute atomic E-state index is 11.7. The zero-order chi connectivity index (χ0) is 27.8. The minimum atomic E-state index is -0.718. The Morgan fingerprint density at radius 3 is 1.34 bits per heavy atom. The minimum Gasteiger partial charge on any atom is -0.507 e. The molecule has 38 heavy (non-hydrogen) atoms. The van der Waals surface area contributed by atoms with E-state index >= 15 is 0 Å². The van der Waals surface area contributed by atoms with Crippen LogP contribution in [0.3, 0.4) is 0 Å². The Morgan fingerprint density at radius 1 is 0.605 bits per heavy atom. The van der Waals surface area contributed by atoms with Gasteiger partial charge in [-0.1, -0.05) is 148 Å². The summed E-state index contributed by atoms with van der Waals surface area (Å²) in [5.74, 6) is -0.225. The Hall–Kier alpha value is -1.51. The quantitative estimate of drug-likeness (QED) is 0.117. The normalized spacial score (nSPS) is 12.2. The van der Waals surface area contributed by atoms with Crippen molar-refractivity contribution in [3.63, 3.8) is 0 Å². The van der Waals surface area contributed by atoms with E-state index in [9.17, 15) is 15.0 Å². The summed E-state index contributed by atoms with van der Waals surface area (Å²) in [4.78, 5) is 11.7. The van der Waals surface area contributed by atoms with Crippen molar-refractivity contribution >= 4 is 5.97 Å². The van der Waals surface area contributed by atoms with E-state index < -0.39 is 5.97 Å². The van der Waals surface area contributed by atoms with Crippen LogP contribution >= 0.6 is 0 Å². The zero-order valence-electron chi connectivity index (χ0n) is 25.5. The number of hydrogen-bond donors (Lipinski definition) is 2. The predicted molar refractivity (Wildman–Crippen MR) is 164 cm³/mol. The fraction of sp³-hybridized carbons (Fsp3) is 0.800. The number of carbonyl (C=O) groups is 1. The third kappa shape index (κ3) is 16.5. The largest absolute Gasteiger partial charge is 0.507 e. The Morgan fingerprint density at radius 2 is 0.974 bits per heavy atom. The van der Waals surface area contributed by atoms with Crippen molar-refractivity contribution in [2.45, 2.75) is 181 Å². The molecular weight excluding hydrogens is 468 g/mol. The number of aromatic hydroxyl groups is 1. The van der Waals surface area contributed by atoms with Crippen LogP contribution in [0.15, 0.2) is 12.1 Å². The summed E-state index contributed by atoms with van der Waals surface area (Å²) in [6, 6.07) is 4.22. The monoisotopic (exact) mass is 530 g/mol. The maximum Gasteiger partial charge on any atom is 0.303 e. The molecule has 0 fully saturated rings. The molecule has 3 nitrogen and oxygen atoms in total. The van der Waals surface area contributed by atoms with Gasteiger partial charge in [0.05, 0.1) is 6.42 Å². The van der Waals surface area contributed by atoms with Crippen LogP contribution in [0.4, 0.5) is 0 Å². The molecule has 0 heterocycles. The molecule has 0 radical (unpaired) electrons. The first-order chi connectivity index (χ1) is 18.5. The summed E-state index contributed by atoms with van der Waals surface area (Å²) in [7, 11) is 0. The molecule has 1 aromatic rings. The SMILES string of the molecule is CCCCCCCCCCCCCCCCCCC(CC(=O)O)c1cc(CCCC)c(O)c(CCCC)c1. The lowest BCUT2D eigenvalue weighted by Gasteiger charge is -2.20. The number of rotatable bonds is 26. The van der Waals surface area contributed by atoms with Gasteiger partial charge in [0.2, 0.25) is 0 Å². The highest BCUT2D eigenvalue weighted by Crippen LogP contribution is 2.34. The highest BCUT2D eigenvalue weighted by molar-refractivity contribution is 5.68. The van der Waals surface area contributed by atoms with Gasteiger partial charge in [0, 0.05) is 0 Å². The first-order valence-electron chi connectivity index (χ1n) is 16.6. The number of unbranched alkanes of at least 4 members (excludes halogenated alkanes) is 17. The third-order valence-electron chi connectivity index (χ3n) is 8.19. The summed E-state index contributed by atoms with van der Waals surface area (Å²) < 4.78 is 0. The number of phenolic OH excluding ortho intramolecular Hbond substituents is 1. The van der Waals surface area contributed by atoms with E-state index in [4.69, 9.17) is 0 Å². The fourth-order valence-electron chi connectivity index (χ4n) is 5.67. The average molecular weight is 531 g/mol. The standard InChI is InChI=1S/C35H62O3/c1-4-7-10-11-12-13-14-15-16-17-18-19-20-21-22-23-26-30(29-34(36)37)33-27-31(24-8-5-2)35(38)32(28-33)25-9-6-3/h27-28,30,38H,4-26,29H2,1-3H3,(H,36,37). The topological polar surface area (TPSA) is 57.5 Å². The van der Waals surface area contributed by atoms with Gasteiger partial charge in [0.15, 0.2) is 0 Å². The summed E-state index contributed by atoms with van der Waals surface area (Å²) in [5.41, 5.74) is 3.15. The van der Waals surface area contributed by atoms with E-state index in [1.54, 1.807) is 0 Å². The molecule has 0 saturated carbocycles. The second kappa shape index (κ2) is 23.4. The summed E-state index contributed by atoms with van der Waals surface area (Å²) in [6.07, 6.45) is 28.8. The molecule has 2 N–H and O–H groups in total. The molecule has 0 spiro atoms. The summed E-state index contributed by atoms with van der Waals surface area (Å²) in [6.45, 7) is 6.62. The molecule has 1 aromatic carbocycles. The number of carboxylic acid groups (broad SMARTS) is 1. The van der Waals surface area contributed by atoms with Crippen molar-refractivity contribution in [2.75, 3.05) is 0 Å². The first kappa shape index (κ1) is 34.5. The van der Waals surface area contributed by atoms with Crippen molar-refractivity contribution in [1.82, 2.24) is 0 Å². The molecule has 0 aliphatic carbocycles. The molecule has 1 unspecified atom stereocenters. The smallest absolute Gasteiger partial charge is 0.303 e. The van der Waals surface area contributed by atoms with Gasteiger partial charge in [-0.3, -0.25) is 4.79 Å². The molecule has 1 rings (SSSR count). The van der Waals surface area contributed by atoms with E-state index in [2.05, 4.69) is 32.9 Å². The first-order valence-corrected chi connectivity index (χ1v) is 16.6. The van der Waals surface area contributed by atoms with Crippen molar-refractivity contribution in [3.8, 4) is 5.75 Å². The van der Waals surface area contributed by atoms with Crippen LogP contribution in [0, 0.1) is 0 Å². The Kier molecular flexibility index (Phi) is 21.2. The highest BCUT2D eigenvalue weighted by atomic mass is 16.4. The minimum absolute atomic E-state index is 0.0421. The van der Waals surface area contributed by atoms with Crippen molar-refractivity contribution in [1.29, 1.82) is 0 Å². The van der Waals surface area contributed by atoms with Gasteiger partial charge >= 0.3 is 5.97 Å². The lowest BCUT2D eigenvalue weighted by Crippen LogP contribution is -2.08. The molecule has 0 aromatic heterocycles. The maximum atomic E-state index is 11.7. The van der Waals surface area contributed by atoms with E-state index in [0.717, 1.165) is 68.1 Å². The van der Waals surface area contributed by atoms with Crippen LogP contribution in [0.5, 0.6) is 5.75 Å². The van der Waals surface area contributed by atoms with Gasteiger partial charge in [-0.2, -0.15) is 0 Å². The molecule has 0 bridgehead atoms. The summed E-state index contributed by atoms with van der Waals surface area (Å²) >= 11 is 0. The van der Waals surface area contributed by atoms with Crippen LogP contribution in [0.2, 0.25) is 0 Å². The van der Waals surface area contributed by atoms with Gasteiger partial charge in [-0.05, 0) is 54.7 Å². The van der Waals surface area contributed by atoms with Gasteiger partial charge in [-0.25, -0.2) is 0 Å². The van der Waals surface area contributed by atoms with Gasteiger partial charge < -0.3 is 10.2 Å². The van der Waals surface area contributed by atoms with E-state index in [1.807, 2.05) is 0 Å². The van der Waals surface area contributed by atoms with Gasteiger partial charge in [0.1, 0.15) is 5.75 Å². The van der Waals surface area contributed by atoms with Gasteiger partial charge in [0.25, 0.3) is 0 Å². The van der Waals surface area contributed by atoms with Crippen molar-refractivity contribution in [2.24, 2.45) is 0 Å². The van der Waals surface area contributed by atoms with Crippen LogP contribution in [0.25, 0.3) is 0 Å². The average Bonchev–Trinajstić information content (AvgIpc) is 2.90. The number of aryl methyl sites for hydroxylation is 2. The molecule has 0 saturated heterocycles. The second-order valence-corrected chi connectivity index (χ2v) is 11.8. The van der Waals surface area contributed by atoms with Gasteiger partial charge in [-0.15, -0.1) is 0 Å².